The highest BCUT2D eigenvalue weighted by Gasteiger charge is 2.01. The lowest BCUT2D eigenvalue weighted by Crippen LogP contribution is -1.93. The Bertz CT molecular complexity index is 300. The van der Waals surface area contributed by atoms with Gasteiger partial charge in [-0.05, 0) is 4.98 Å². The maximum atomic E-state index is 10.7. The first-order valence-corrected chi connectivity index (χ1v) is 2.67. The molecule has 1 heterocycles. The van der Waals surface area contributed by atoms with Crippen molar-refractivity contribution in [1.82, 2.24) is 9.97 Å². The molecule has 1 aromatic heterocycles. The van der Waals surface area contributed by atoms with E-state index >= 15 is 0 Å². The normalized spacial score (nSPS) is 10.6. The second-order valence-corrected chi connectivity index (χ2v) is 1.54. The van der Waals surface area contributed by atoms with Crippen LogP contribution >= 0.6 is 0 Å². The Morgan fingerprint density at radius 2 is 2.45 bits per heavy atom. The summed E-state index contributed by atoms with van der Waals surface area (Å²) >= 11 is 0. The van der Waals surface area contributed by atoms with Crippen LogP contribution in [0.25, 0.3) is 0 Å². The first kappa shape index (κ1) is 7.08. The van der Waals surface area contributed by atoms with E-state index in [0.717, 1.165) is 0 Å². The quantitative estimate of drug-likeness (QED) is 0.252. The molecule has 0 radical (unpaired) electrons. The smallest absolute Gasteiger partial charge is 0.366 e. The Morgan fingerprint density at radius 3 is 3.00 bits per heavy atom. The fraction of sp³-hybridized carbons (Fsp3) is 0. The number of rotatable bonds is 1. The molecule has 0 saturated carbocycles. The summed E-state index contributed by atoms with van der Waals surface area (Å²) in [7, 11) is 0. The fourth-order valence-electron chi connectivity index (χ4n) is 0.482. The molecule has 1 rings (SSSR count). The number of hydrogen-bond donors (Lipinski definition) is 0. The summed E-state index contributed by atoms with van der Waals surface area (Å²) in [4.78, 5) is 7.32. The zero-order chi connectivity index (χ0) is 8.10. The molecule has 11 heavy (non-hydrogen) atoms. The second-order valence-electron chi connectivity index (χ2n) is 1.54. The van der Waals surface area contributed by atoms with Crippen LogP contribution in [0.15, 0.2) is 23.7 Å². The van der Waals surface area contributed by atoms with Crippen molar-refractivity contribution in [1.29, 1.82) is 5.26 Å². The molecule has 54 valence electrons. The first-order valence-electron chi connectivity index (χ1n) is 2.67. The van der Waals surface area contributed by atoms with Gasteiger partial charge in [0.05, 0.1) is 6.20 Å². The minimum Gasteiger partial charge on any atom is -0.690 e. The average Bonchev–Trinajstić information content (AvgIpc) is 2.07. The molecule has 1 aromatic rings. The maximum absolute atomic E-state index is 10.7. The zero-order valence-electron chi connectivity index (χ0n) is 5.38. The van der Waals surface area contributed by atoms with E-state index in [-0.39, 0.29) is 10.7 Å². The summed E-state index contributed by atoms with van der Waals surface area (Å²) in [6.45, 7) is 0. The minimum atomic E-state index is -0.00551. The summed E-state index contributed by atoms with van der Waals surface area (Å²) in [5.74, 6) is -0.00551. The molecule has 0 amide bonds. The Balaban J connectivity index is 2.96. The Morgan fingerprint density at radius 1 is 1.64 bits per heavy atom. The van der Waals surface area contributed by atoms with Crippen molar-refractivity contribution < 1.29 is 4.86 Å². The predicted molar refractivity (Wildman–Crippen MR) is 33.4 cm³/mol. The van der Waals surface area contributed by atoms with Gasteiger partial charge >= 0.3 is 5.82 Å². The summed E-state index contributed by atoms with van der Waals surface area (Å²) in [5, 5.41) is 21.5. The standard InChI is InChI=1S/C5H3N5O/c6-4-9-10(11)5-3-7-1-2-8-5/h1-3H. The van der Waals surface area contributed by atoms with Gasteiger partial charge in [0.15, 0.2) is 6.20 Å². The molecule has 0 unspecified atom stereocenters. The third-order valence-electron chi connectivity index (χ3n) is 0.881. The van der Waals surface area contributed by atoms with Crippen molar-refractivity contribution in [3.63, 3.8) is 0 Å². The van der Waals surface area contributed by atoms with Gasteiger partial charge in [-0.25, -0.2) is 0 Å². The van der Waals surface area contributed by atoms with Crippen LogP contribution in [-0.4, -0.2) is 14.8 Å². The van der Waals surface area contributed by atoms with E-state index in [1.54, 1.807) is 0 Å². The van der Waals surface area contributed by atoms with E-state index in [1.807, 2.05) is 0 Å². The average molecular weight is 149 g/mol. The molecule has 6 nitrogen and oxygen atoms in total. The molecular formula is C5H3N5O. The van der Waals surface area contributed by atoms with Gasteiger partial charge in [0, 0.05) is 5.11 Å². The SMILES string of the molecule is N#CN=[N+]([O-])c1cnccn1. The molecule has 0 N–H and O–H groups in total. The van der Waals surface area contributed by atoms with Gasteiger partial charge in [0.1, 0.15) is 6.20 Å². The molecule has 0 saturated heterocycles. The van der Waals surface area contributed by atoms with Crippen molar-refractivity contribution in [2.24, 2.45) is 5.11 Å². The molecule has 0 aromatic carbocycles. The van der Waals surface area contributed by atoms with Crippen LogP contribution in [-0.2, 0) is 0 Å². The van der Waals surface area contributed by atoms with Gasteiger partial charge in [0.25, 0.3) is 0 Å². The summed E-state index contributed by atoms with van der Waals surface area (Å²) in [6.07, 6.45) is 5.31. The summed E-state index contributed by atoms with van der Waals surface area (Å²) in [6, 6.07) is 0. The number of hydrogen-bond acceptors (Lipinski definition) is 5. The van der Waals surface area contributed by atoms with Gasteiger partial charge < -0.3 is 5.21 Å². The zero-order valence-corrected chi connectivity index (χ0v) is 5.38. The van der Waals surface area contributed by atoms with Gasteiger partial charge in [-0.3, -0.25) is 4.98 Å². The number of nitriles is 1. The van der Waals surface area contributed by atoms with E-state index in [4.69, 9.17) is 5.26 Å². The lowest BCUT2D eigenvalue weighted by Gasteiger charge is -1.96. The van der Waals surface area contributed by atoms with Gasteiger partial charge in [-0.15, -0.1) is 4.86 Å². The topological polar surface area (TPSA) is 88.0 Å². The third kappa shape index (κ3) is 1.69. The number of azo groups is 1. The molecular weight excluding hydrogens is 146 g/mol. The van der Waals surface area contributed by atoms with Crippen molar-refractivity contribution in [2.45, 2.75) is 0 Å². The van der Waals surface area contributed by atoms with Crippen LogP contribution in [0, 0.1) is 16.7 Å². The molecule has 0 fully saturated rings. The Kier molecular flexibility index (Phi) is 2.07. The fourth-order valence-corrected chi connectivity index (χ4v) is 0.482. The van der Waals surface area contributed by atoms with Crippen LogP contribution < -0.4 is 0 Å². The lowest BCUT2D eigenvalue weighted by molar-refractivity contribution is -0.439. The van der Waals surface area contributed by atoms with E-state index in [2.05, 4.69) is 15.1 Å². The highest BCUT2D eigenvalue weighted by atomic mass is 16.5. The van der Waals surface area contributed by atoms with Crippen molar-refractivity contribution in [2.75, 3.05) is 0 Å². The first-order chi connectivity index (χ1) is 5.34. The number of nitrogens with zero attached hydrogens (tertiary/aromatic N) is 5. The molecule has 0 atom stereocenters. The third-order valence-corrected chi connectivity index (χ3v) is 0.881. The van der Waals surface area contributed by atoms with Crippen LogP contribution in [0.3, 0.4) is 0 Å². The molecule has 0 spiro atoms. The Labute approximate surface area is 62.0 Å². The highest BCUT2D eigenvalue weighted by Crippen LogP contribution is 2.01. The van der Waals surface area contributed by atoms with Gasteiger partial charge in [-0.2, -0.15) is 5.26 Å². The molecule has 6 heteroatoms. The minimum absolute atomic E-state index is 0.00551. The van der Waals surface area contributed by atoms with Crippen molar-refractivity contribution in [3.05, 3.63) is 23.8 Å². The van der Waals surface area contributed by atoms with Crippen LogP contribution in [0.2, 0.25) is 0 Å². The second kappa shape index (κ2) is 3.22. The maximum Gasteiger partial charge on any atom is 0.366 e. The van der Waals surface area contributed by atoms with Crippen molar-refractivity contribution >= 4 is 5.82 Å². The van der Waals surface area contributed by atoms with E-state index in [9.17, 15) is 5.21 Å². The van der Waals surface area contributed by atoms with E-state index in [1.165, 1.54) is 24.8 Å². The lowest BCUT2D eigenvalue weighted by atomic mass is 10.7. The Hall–Kier alpha value is -2.03. The van der Waals surface area contributed by atoms with Crippen molar-refractivity contribution in [3.8, 4) is 6.19 Å². The summed E-state index contributed by atoms with van der Waals surface area (Å²) in [5.41, 5.74) is 0. The van der Waals surface area contributed by atoms with E-state index in [0.29, 0.717) is 0 Å². The number of aromatic nitrogens is 2. The molecule has 0 bridgehead atoms. The van der Waals surface area contributed by atoms with E-state index < -0.39 is 0 Å². The molecule has 0 aliphatic rings. The molecule has 0 aliphatic heterocycles. The van der Waals surface area contributed by atoms with Crippen LogP contribution in [0.4, 0.5) is 5.82 Å². The van der Waals surface area contributed by atoms with Crippen LogP contribution in [0.1, 0.15) is 0 Å². The largest absolute Gasteiger partial charge is 0.690 e. The van der Waals surface area contributed by atoms with Gasteiger partial charge in [0.2, 0.25) is 6.19 Å². The monoisotopic (exact) mass is 149 g/mol. The van der Waals surface area contributed by atoms with Gasteiger partial charge in [-0.1, -0.05) is 0 Å². The predicted octanol–water partition coefficient (Wildman–Crippen LogP) is 0.552. The molecule has 0 aliphatic carbocycles. The van der Waals surface area contributed by atoms with Crippen LogP contribution in [0.5, 0.6) is 0 Å². The highest BCUT2D eigenvalue weighted by molar-refractivity contribution is 5.09. The summed E-state index contributed by atoms with van der Waals surface area (Å²) < 4.78 is 0.